The van der Waals surface area contributed by atoms with E-state index in [1.807, 2.05) is 32.2 Å². The number of hydrogen-bond acceptors (Lipinski definition) is 6. The van der Waals surface area contributed by atoms with Crippen molar-refractivity contribution in [2.24, 2.45) is 0 Å². The number of anilines is 2. The fourth-order valence-electron chi connectivity index (χ4n) is 3.70. The molecule has 0 saturated carbocycles. The van der Waals surface area contributed by atoms with E-state index >= 15 is 0 Å². The standard InChI is InChI=1S/C20H22F2N6/c1-13-11-17(24-12-23-13)27(2)14-7-9-28(10-8-14)20-15-5-3-4-6-16(15)25-19(26-20)18(21)22/h3-6,11-12,14,18H,7-10H2,1-2H3. The lowest BCUT2D eigenvalue weighted by Gasteiger charge is -2.38. The third kappa shape index (κ3) is 3.58. The van der Waals surface area contributed by atoms with Crippen LogP contribution in [-0.4, -0.2) is 46.1 Å². The van der Waals surface area contributed by atoms with E-state index in [4.69, 9.17) is 0 Å². The number of hydrogen-bond donors (Lipinski definition) is 0. The highest BCUT2D eigenvalue weighted by molar-refractivity contribution is 5.89. The fourth-order valence-corrected chi connectivity index (χ4v) is 3.70. The zero-order valence-electron chi connectivity index (χ0n) is 15.9. The minimum atomic E-state index is -2.69. The Morgan fingerprint density at radius 3 is 2.57 bits per heavy atom. The lowest BCUT2D eigenvalue weighted by Crippen LogP contribution is -2.44. The van der Waals surface area contributed by atoms with Gasteiger partial charge >= 0.3 is 0 Å². The van der Waals surface area contributed by atoms with Crippen LogP contribution in [0.25, 0.3) is 10.9 Å². The van der Waals surface area contributed by atoms with Crippen LogP contribution in [-0.2, 0) is 0 Å². The molecule has 0 atom stereocenters. The van der Waals surface area contributed by atoms with E-state index in [-0.39, 0.29) is 0 Å². The molecule has 2 aromatic heterocycles. The maximum absolute atomic E-state index is 13.3. The molecule has 1 fully saturated rings. The Labute approximate surface area is 162 Å². The molecule has 28 heavy (non-hydrogen) atoms. The van der Waals surface area contributed by atoms with E-state index in [1.54, 1.807) is 18.5 Å². The molecule has 146 valence electrons. The Morgan fingerprint density at radius 2 is 1.86 bits per heavy atom. The predicted molar refractivity (Wildman–Crippen MR) is 105 cm³/mol. The zero-order valence-corrected chi connectivity index (χ0v) is 15.9. The van der Waals surface area contributed by atoms with E-state index in [9.17, 15) is 8.78 Å². The number of benzene rings is 1. The maximum Gasteiger partial charge on any atom is 0.297 e. The molecule has 0 spiro atoms. The number of rotatable bonds is 4. The van der Waals surface area contributed by atoms with Crippen molar-refractivity contribution in [3.63, 3.8) is 0 Å². The van der Waals surface area contributed by atoms with Gasteiger partial charge in [-0.15, -0.1) is 0 Å². The summed E-state index contributed by atoms with van der Waals surface area (Å²) in [5, 5.41) is 0.810. The van der Waals surface area contributed by atoms with E-state index in [0.29, 0.717) is 17.4 Å². The van der Waals surface area contributed by atoms with E-state index < -0.39 is 12.2 Å². The van der Waals surface area contributed by atoms with Gasteiger partial charge in [-0.05, 0) is 31.9 Å². The average molecular weight is 384 g/mol. The first-order chi connectivity index (χ1) is 13.5. The predicted octanol–water partition coefficient (Wildman–Crippen LogP) is 3.77. The first-order valence-electron chi connectivity index (χ1n) is 9.34. The van der Waals surface area contributed by atoms with Gasteiger partial charge in [-0.3, -0.25) is 0 Å². The summed E-state index contributed by atoms with van der Waals surface area (Å²) in [6.45, 7) is 3.42. The van der Waals surface area contributed by atoms with Crippen LogP contribution in [0, 0.1) is 6.92 Å². The van der Waals surface area contributed by atoms with Crippen molar-refractivity contribution >= 4 is 22.5 Å². The monoisotopic (exact) mass is 384 g/mol. The molecule has 0 bridgehead atoms. The van der Waals surface area contributed by atoms with Gasteiger partial charge in [0.25, 0.3) is 6.43 Å². The molecule has 1 aliphatic rings. The number of piperidine rings is 1. The van der Waals surface area contributed by atoms with Crippen molar-refractivity contribution in [1.29, 1.82) is 0 Å². The molecular formula is C20H22F2N6. The lowest BCUT2D eigenvalue weighted by molar-refractivity contribution is 0.141. The van der Waals surface area contributed by atoms with Crippen molar-refractivity contribution in [3.8, 4) is 0 Å². The second kappa shape index (κ2) is 7.61. The highest BCUT2D eigenvalue weighted by Gasteiger charge is 2.26. The Bertz CT molecular complexity index is 972. The third-order valence-corrected chi connectivity index (χ3v) is 5.26. The van der Waals surface area contributed by atoms with Gasteiger partial charge < -0.3 is 9.80 Å². The Kier molecular flexibility index (Phi) is 5.02. The zero-order chi connectivity index (χ0) is 19.7. The Balaban J connectivity index is 1.55. The molecule has 0 amide bonds. The summed E-state index contributed by atoms with van der Waals surface area (Å²) in [5.74, 6) is 1.09. The van der Waals surface area contributed by atoms with Crippen molar-refractivity contribution < 1.29 is 8.78 Å². The normalized spacial score (nSPS) is 15.4. The van der Waals surface area contributed by atoms with Crippen molar-refractivity contribution in [2.45, 2.75) is 32.2 Å². The van der Waals surface area contributed by atoms with Gasteiger partial charge in [0.2, 0.25) is 0 Å². The first-order valence-corrected chi connectivity index (χ1v) is 9.34. The second-order valence-corrected chi connectivity index (χ2v) is 7.07. The second-order valence-electron chi connectivity index (χ2n) is 7.07. The summed E-state index contributed by atoms with van der Waals surface area (Å²) in [5.41, 5.74) is 1.49. The number of fused-ring (bicyclic) bond motifs is 1. The van der Waals surface area contributed by atoms with Crippen LogP contribution in [0.2, 0.25) is 0 Å². The van der Waals surface area contributed by atoms with Crippen molar-refractivity contribution in [1.82, 2.24) is 19.9 Å². The number of para-hydroxylation sites is 1. The molecule has 8 heteroatoms. The lowest BCUT2D eigenvalue weighted by atomic mass is 10.0. The average Bonchev–Trinajstić information content (AvgIpc) is 2.72. The molecule has 0 N–H and O–H groups in total. The smallest absolute Gasteiger partial charge is 0.297 e. The van der Waals surface area contributed by atoms with E-state index in [0.717, 1.165) is 42.8 Å². The quantitative estimate of drug-likeness (QED) is 0.683. The van der Waals surface area contributed by atoms with Crippen LogP contribution >= 0.6 is 0 Å². The highest BCUT2D eigenvalue weighted by atomic mass is 19.3. The molecule has 1 saturated heterocycles. The third-order valence-electron chi connectivity index (χ3n) is 5.26. The van der Waals surface area contributed by atoms with Crippen molar-refractivity contribution in [3.05, 3.63) is 48.2 Å². The molecule has 1 aromatic carbocycles. The topological polar surface area (TPSA) is 58.0 Å². The first kappa shape index (κ1) is 18.5. The van der Waals surface area contributed by atoms with E-state index in [2.05, 4.69) is 29.7 Å². The largest absolute Gasteiger partial charge is 0.356 e. The SMILES string of the molecule is Cc1cc(N(C)C2CCN(c3nc(C(F)F)nc4ccccc34)CC2)ncn1. The summed E-state index contributed by atoms with van der Waals surface area (Å²) < 4.78 is 26.5. The van der Waals surface area contributed by atoms with Crippen LogP contribution < -0.4 is 9.80 Å². The number of nitrogens with zero attached hydrogens (tertiary/aromatic N) is 6. The summed E-state index contributed by atoms with van der Waals surface area (Å²) >= 11 is 0. The minimum Gasteiger partial charge on any atom is -0.356 e. The molecule has 1 aliphatic heterocycles. The molecule has 6 nitrogen and oxygen atoms in total. The molecule has 3 heterocycles. The molecule has 4 rings (SSSR count). The molecule has 0 unspecified atom stereocenters. The summed E-state index contributed by atoms with van der Waals surface area (Å²) in [6.07, 6.45) is 0.673. The molecular weight excluding hydrogens is 362 g/mol. The summed E-state index contributed by atoms with van der Waals surface area (Å²) in [7, 11) is 2.04. The summed E-state index contributed by atoms with van der Waals surface area (Å²) in [6, 6.07) is 9.63. The van der Waals surface area contributed by atoms with Crippen LogP contribution in [0.15, 0.2) is 36.7 Å². The van der Waals surface area contributed by atoms with Crippen molar-refractivity contribution in [2.75, 3.05) is 29.9 Å². The van der Waals surface area contributed by atoms with E-state index in [1.165, 1.54) is 0 Å². The Hall–Kier alpha value is -2.90. The molecule has 0 radical (unpaired) electrons. The molecule has 0 aliphatic carbocycles. The van der Waals surface area contributed by atoms with Gasteiger partial charge in [0.05, 0.1) is 5.52 Å². The number of halogens is 2. The van der Waals surface area contributed by atoms with Gasteiger partial charge in [0.1, 0.15) is 18.0 Å². The van der Waals surface area contributed by atoms with Crippen LogP contribution in [0.1, 0.15) is 30.8 Å². The fraction of sp³-hybridized carbons (Fsp3) is 0.400. The number of aryl methyl sites for hydroxylation is 1. The van der Waals surface area contributed by atoms with Crippen LogP contribution in [0.5, 0.6) is 0 Å². The van der Waals surface area contributed by atoms with Crippen LogP contribution in [0.3, 0.4) is 0 Å². The summed E-state index contributed by atoms with van der Waals surface area (Å²) in [4.78, 5) is 21.0. The van der Waals surface area contributed by atoms with Gasteiger partial charge in [-0.1, -0.05) is 12.1 Å². The maximum atomic E-state index is 13.3. The van der Waals surface area contributed by atoms with Gasteiger partial charge in [-0.2, -0.15) is 0 Å². The molecule has 3 aromatic rings. The van der Waals surface area contributed by atoms with Gasteiger partial charge in [0.15, 0.2) is 5.82 Å². The van der Waals surface area contributed by atoms with Gasteiger partial charge in [0, 0.05) is 43.3 Å². The number of aromatic nitrogens is 4. The van der Waals surface area contributed by atoms with Crippen LogP contribution in [0.4, 0.5) is 20.4 Å². The minimum absolute atomic E-state index is 0.327. The number of alkyl halides is 2. The van der Waals surface area contributed by atoms with Gasteiger partial charge in [-0.25, -0.2) is 28.7 Å². The highest BCUT2D eigenvalue weighted by Crippen LogP contribution is 2.30. The Morgan fingerprint density at radius 1 is 1.11 bits per heavy atom.